The van der Waals surface area contributed by atoms with Crippen LogP contribution >= 0.6 is 11.8 Å². The molecule has 0 aromatic rings. The Labute approximate surface area is 143 Å². The SMILES string of the molecule is CO[Si](CCCSCC(C)S(=O)(=O)[O-])(OC)OC.[Na+]. The second-order valence-corrected chi connectivity index (χ2v) is 9.81. The minimum atomic E-state index is -4.17. The second kappa shape index (κ2) is 11.0. The number of thioether (sulfide) groups is 1. The van der Waals surface area contributed by atoms with E-state index in [1.54, 1.807) is 21.3 Å². The van der Waals surface area contributed by atoms with Crippen LogP contribution in [0.25, 0.3) is 0 Å². The van der Waals surface area contributed by atoms with Gasteiger partial charge in [0.2, 0.25) is 0 Å². The molecule has 0 rings (SSSR count). The van der Waals surface area contributed by atoms with Crippen molar-refractivity contribution in [2.75, 3.05) is 32.8 Å². The molecule has 0 N–H and O–H groups in total. The topological polar surface area (TPSA) is 84.9 Å². The fourth-order valence-corrected chi connectivity index (χ4v) is 5.06. The molecule has 0 bridgehead atoms. The van der Waals surface area contributed by atoms with E-state index in [9.17, 15) is 13.0 Å². The molecule has 0 aromatic carbocycles. The number of rotatable bonds is 10. The second-order valence-electron chi connectivity index (χ2n) is 3.78. The molecule has 0 saturated carbocycles. The van der Waals surface area contributed by atoms with Gasteiger partial charge in [0.25, 0.3) is 0 Å². The molecule has 6 nitrogen and oxygen atoms in total. The van der Waals surface area contributed by atoms with Crippen molar-refractivity contribution in [3.05, 3.63) is 0 Å². The van der Waals surface area contributed by atoms with Crippen molar-refractivity contribution in [2.24, 2.45) is 0 Å². The zero-order valence-corrected chi connectivity index (χ0v) is 16.8. The monoisotopic (exact) mass is 340 g/mol. The minimum absolute atomic E-state index is 0. The third-order valence-corrected chi connectivity index (χ3v) is 8.06. The van der Waals surface area contributed by atoms with Crippen LogP contribution in [0.1, 0.15) is 13.3 Å². The summed E-state index contributed by atoms with van der Waals surface area (Å²) in [5.41, 5.74) is 0. The quantitative estimate of drug-likeness (QED) is 0.256. The van der Waals surface area contributed by atoms with E-state index in [2.05, 4.69) is 0 Å². The molecule has 1 unspecified atom stereocenters. The summed E-state index contributed by atoms with van der Waals surface area (Å²) in [7, 11) is -2.03. The molecule has 0 saturated heterocycles. The Balaban J connectivity index is 0. The Kier molecular flexibility index (Phi) is 13.1. The van der Waals surface area contributed by atoms with E-state index in [4.69, 9.17) is 13.3 Å². The average Bonchev–Trinajstić information content (AvgIpc) is 2.33. The molecule has 0 aliphatic carbocycles. The van der Waals surface area contributed by atoms with Crippen molar-refractivity contribution in [3.63, 3.8) is 0 Å². The Morgan fingerprint density at radius 1 is 1.21 bits per heavy atom. The van der Waals surface area contributed by atoms with Gasteiger partial charge in [0.15, 0.2) is 0 Å². The van der Waals surface area contributed by atoms with Gasteiger partial charge in [0.1, 0.15) is 0 Å². The van der Waals surface area contributed by atoms with E-state index in [1.807, 2.05) is 0 Å². The van der Waals surface area contributed by atoms with Crippen LogP contribution in [0, 0.1) is 0 Å². The van der Waals surface area contributed by atoms with Crippen LogP contribution in [-0.2, 0) is 23.4 Å². The molecule has 0 spiro atoms. The first-order valence-electron chi connectivity index (χ1n) is 5.49. The van der Waals surface area contributed by atoms with Crippen LogP contribution in [0.5, 0.6) is 0 Å². The third kappa shape index (κ3) is 9.07. The zero-order valence-electron chi connectivity index (χ0n) is 12.2. The molecular formula is C9H21NaO6S2Si. The third-order valence-electron chi connectivity index (χ3n) is 2.55. The molecule has 0 amide bonds. The fraction of sp³-hybridized carbons (Fsp3) is 1.00. The molecule has 0 heterocycles. The normalized spacial score (nSPS) is 13.9. The van der Waals surface area contributed by atoms with Gasteiger partial charge in [-0.05, 0) is 19.1 Å². The van der Waals surface area contributed by atoms with E-state index < -0.39 is 24.2 Å². The van der Waals surface area contributed by atoms with Gasteiger partial charge >= 0.3 is 38.4 Å². The van der Waals surface area contributed by atoms with Gasteiger partial charge in [-0.3, -0.25) is 0 Å². The largest absolute Gasteiger partial charge is 1.00 e. The standard InChI is InChI=1S/C9H22O6S2Si.Na/c1-9(17(10,11)12)8-16-6-5-7-18(13-2,14-3)15-4;/h9H,5-8H2,1-4H3,(H,10,11,12);/q;+1/p-1. The average molecular weight is 340 g/mol. The van der Waals surface area contributed by atoms with Crippen molar-refractivity contribution in [1.29, 1.82) is 0 Å². The smallest absolute Gasteiger partial charge is 0.748 e. The van der Waals surface area contributed by atoms with Crippen LogP contribution in [-0.4, -0.2) is 59.9 Å². The summed E-state index contributed by atoms with van der Waals surface area (Å²) >= 11 is 1.44. The molecule has 110 valence electrons. The van der Waals surface area contributed by atoms with E-state index in [-0.39, 0.29) is 29.6 Å². The zero-order chi connectivity index (χ0) is 14.2. The fourth-order valence-electron chi connectivity index (χ4n) is 1.28. The maximum Gasteiger partial charge on any atom is 1.00 e. The summed E-state index contributed by atoms with van der Waals surface area (Å²) in [6, 6.07) is 0.669. The van der Waals surface area contributed by atoms with Crippen molar-refractivity contribution in [1.82, 2.24) is 0 Å². The molecule has 10 heteroatoms. The molecular weight excluding hydrogens is 319 g/mol. The summed E-state index contributed by atoms with van der Waals surface area (Å²) in [4.78, 5) is 0. The molecule has 0 aromatic heterocycles. The van der Waals surface area contributed by atoms with Crippen LogP contribution in [0.15, 0.2) is 0 Å². The Morgan fingerprint density at radius 2 is 1.68 bits per heavy atom. The van der Waals surface area contributed by atoms with Gasteiger partial charge in [-0.15, -0.1) is 0 Å². The summed E-state index contributed by atoms with van der Waals surface area (Å²) in [5, 5.41) is -0.850. The van der Waals surface area contributed by atoms with Crippen molar-refractivity contribution >= 4 is 30.7 Å². The van der Waals surface area contributed by atoms with Gasteiger partial charge < -0.3 is 17.8 Å². The first kappa shape index (κ1) is 22.6. The van der Waals surface area contributed by atoms with Crippen LogP contribution in [0.3, 0.4) is 0 Å². The molecule has 1 atom stereocenters. The van der Waals surface area contributed by atoms with Gasteiger partial charge in [-0.25, -0.2) is 8.42 Å². The van der Waals surface area contributed by atoms with E-state index >= 15 is 0 Å². The summed E-state index contributed by atoms with van der Waals surface area (Å²) in [6.07, 6.45) is 0.790. The van der Waals surface area contributed by atoms with Crippen LogP contribution in [0.4, 0.5) is 0 Å². The van der Waals surface area contributed by atoms with Crippen LogP contribution < -0.4 is 29.6 Å². The molecule has 0 fully saturated rings. The summed E-state index contributed by atoms with van der Waals surface area (Å²) < 4.78 is 47.8. The maximum absolute atomic E-state index is 10.7. The summed E-state index contributed by atoms with van der Waals surface area (Å²) in [5.74, 6) is 1.05. The minimum Gasteiger partial charge on any atom is -0.748 e. The number of hydrogen-bond donors (Lipinski definition) is 0. The van der Waals surface area contributed by atoms with E-state index in [1.165, 1.54) is 18.7 Å². The van der Waals surface area contributed by atoms with Gasteiger partial charge in [0.05, 0.1) is 15.4 Å². The number of hydrogen-bond acceptors (Lipinski definition) is 7. The van der Waals surface area contributed by atoms with E-state index in [0.29, 0.717) is 11.8 Å². The van der Waals surface area contributed by atoms with Gasteiger partial charge in [-0.2, -0.15) is 11.8 Å². The van der Waals surface area contributed by atoms with E-state index in [0.717, 1.165) is 12.2 Å². The Hall–Kier alpha value is 1.36. The van der Waals surface area contributed by atoms with Crippen molar-refractivity contribution < 1.29 is 55.8 Å². The molecule has 19 heavy (non-hydrogen) atoms. The predicted molar refractivity (Wildman–Crippen MR) is 72.7 cm³/mol. The molecule has 0 aliphatic heterocycles. The Morgan fingerprint density at radius 3 is 2.05 bits per heavy atom. The first-order valence-corrected chi connectivity index (χ1v) is 10.0. The van der Waals surface area contributed by atoms with Gasteiger partial charge in [-0.1, -0.05) is 0 Å². The maximum atomic E-state index is 10.7. The first-order chi connectivity index (χ1) is 8.31. The Bertz CT molecular complexity index is 314. The van der Waals surface area contributed by atoms with Crippen molar-refractivity contribution in [3.8, 4) is 0 Å². The molecule has 0 radical (unpaired) electrons. The van der Waals surface area contributed by atoms with Gasteiger partial charge in [0, 0.05) is 33.1 Å². The molecule has 0 aliphatic rings. The van der Waals surface area contributed by atoms with Crippen molar-refractivity contribution in [2.45, 2.75) is 24.6 Å². The summed E-state index contributed by atoms with van der Waals surface area (Å²) in [6.45, 7) is 1.42. The van der Waals surface area contributed by atoms with Crippen LogP contribution in [0.2, 0.25) is 6.04 Å². The predicted octanol–water partition coefficient (Wildman–Crippen LogP) is -2.07.